The monoisotopic (exact) mass is 608 g/mol. The van der Waals surface area contributed by atoms with Crippen molar-refractivity contribution in [3.05, 3.63) is 103 Å². The summed E-state index contributed by atoms with van der Waals surface area (Å²) in [5.41, 5.74) is 5.58. The number of hydrogen-bond donors (Lipinski definition) is 1. The van der Waals surface area contributed by atoms with Gasteiger partial charge in [-0.15, -0.1) is 17.7 Å². The van der Waals surface area contributed by atoms with Crippen LogP contribution in [-0.2, 0) is 21.1 Å². The molecule has 0 fully saturated rings. The van der Waals surface area contributed by atoms with E-state index in [1.54, 1.807) is 24.4 Å². The van der Waals surface area contributed by atoms with Crippen molar-refractivity contribution >= 4 is 21.9 Å². The average Bonchev–Trinajstić information content (AvgIpc) is 3.28. The largest absolute Gasteiger partial charge is 0.507 e. The predicted octanol–water partition coefficient (Wildman–Crippen LogP) is 6.88. The molecule has 0 aliphatic carbocycles. The van der Waals surface area contributed by atoms with E-state index in [-0.39, 0.29) is 26.8 Å². The molecule has 0 saturated heterocycles. The fourth-order valence-corrected chi connectivity index (χ4v) is 4.04. The van der Waals surface area contributed by atoms with E-state index in [1.165, 1.54) is 0 Å². The second kappa shape index (κ2) is 8.65. The number of phenolic OH excluding ortho intramolecular Hbond substituents is 1. The Kier molecular flexibility index (Phi) is 5.53. The van der Waals surface area contributed by atoms with Gasteiger partial charge in [0.05, 0.1) is 11.1 Å². The Balaban J connectivity index is 0.00000228. The van der Waals surface area contributed by atoms with Gasteiger partial charge in [-0.3, -0.25) is 4.98 Å². The summed E-state index contributed by atoms with van der Waals surface area (Å²) in [4.78, 5) is 9.28. The van der Waals surface area contributed by atoms with Crippen LogP contribution in [0.1, 0.15) is 0 Å². The predicted molar refractivity (Wildman–Crippen MR) is 126 cm³/mol. The first-order chi connectivity index (χ1) is 15.8. The maximum Gasteiger partial charge on any atom is 0.230 e. The molecule has 0 radical (unpaired) electrons. The van der Waals surface area contributed by atoms with Gasteiger partial charge in [-0.2, -0.15) is 0 Å². The third kappa shape index (κ3) is 3.73. The van der Waals surface area contributed by atoms with Crippen LogP contribution in [0.4, 0.5) is 0 Å². The first-order valence-corrected chi connectivity index (χ1v) is 10.3. The van der Waals surface area contributed by atoms with E-state index < -0.39 is 0 Å². The van der Waals surface area contributed by atoms with Crippen LogP contribution in [0.5, 0.6) is 5.75 Å². The Hall–Kier alpha value is -3.75. The second-order valence-corrected chi connectivity index (χ2v) is 7.55. The molecule has 0 unspecified atom stereocenters. The molecule has 1 N–H and O–H groups in total. The van der Waals surface area contributed by atoms with Crippen molar-refractivity contribution in [3.63, 3.8) is 0 Å². The molecule has 0 amide bonds. The number of phenols is 1. The van der Waals surface area contributed by atoms with E-state index >= 15 is 0 Å². The van der Waals surface area contributed by atoms with E-state index in [0.29, 0.717) is 17.0 Å². The Morgan fingerprint density at radius 2 is 1.58 bits per heavy atom. The molecule has 4 aromatic carbocycles. The molecule has 33 heavy (non-hydrogen) atoms. The number of aromatic nitrogens is 2. The Labute approximate surface area is 204 Å². The normalized spacial score (nSPS) is 10.9. The van der Waals surface area contributed by atoms with Crippen LogP contribution < -0.4 is 0 Å². The number of fused-ring (bicyclic) bond motifs is 2. The van der Waals surface area contributed by atoms with Crippen LogP contribution in [0.3, 0.4) is 0 Å². The topological polar surface area (TPSA) is 59.2 Å². The molecule has 0 bridgehead atoms. The van der Waals surface area contributed by atoms with Crippen molar-refractivity contribution in [2.24, 2.45) is 0 Å². The van der Waals surface area contributed by atoms with Crippen molar-refractivity contribution in [1.82, 2.24) is 9.97 Å². The van der Waals surface area contributed by atoms with Gasteiger partial charge in [0.15, 0.2) is 0 Å². The molecular weight excluding hydrogens is 591 g/mol. The summed E-state index contributed by atoms with van der Waals surface area (Å²) in [6.45, 7) is 0. The fraction of sp³-hybridized carbons (Fsp3) is 0. The molecule has 0 atom stereocenters. The summed E-state index contributed by atoms with van der Waals surface area (Å²) in [7, 11) is 0. The molecule has 2 aromatic heterocycles. The van der Waals surface area contributed by atoms with Crippen LogP contribution in [0, 0.1) is 6.07 Å². The zero-order valence-electron chi connectivity index (χ0n) is 17.3. The quantitative estimate of drug-likeness (QED) is 0.223. The summed E-state index contributed by atoms with van der Waals surface area (Å²) in [6, 6.07) is 32.7. The van der Waals surface area contributed by atoms with E-state index in [2.05, 4.69) is 29.2 Å². The van der Waals surface area contributed by atoms with Gasteiger partial charge in [0.25, 0.3) is 0 Å². The number of benzene rings is 4. The molecule has 162 valence electrons. The van der Waals surface area contributed by atoms with Crippen molar-refractivity contribution in [2.45, 2.75) is 0 Å². The average molecular weight is 609 g/mol. The smallest absolute Gasteiger partial charge is 0.230 e. The SMILES string of the molecule is Oc1ccccc1-c1nc2c(-c3[c-]c(-c4ccccn4)cc4ccccc34)cccc2o1.[Pt]. The summed E-state index contributed by atoms with van der Waals surface area (Å²) in [5.74, 6) is 0.519. The number of pyridine rings is 1. The molecule has 6 rings (SSSR count). The summed E-state index contributed by atoms with van der Waals surface area (Å²) < 4.78 is 6.03. The van der Waals surface area contributed by atoms with E-state index in [4.69, 9.17) is 9.40 Å². The first-order valence-electron chi connectivity index (χ1n) is 10.3. The van der Waals surface area contributed by atoms with Gasteiger partial charge in [-0.1, -0.05) is 82.6 Å². The third-order valence-electron chi connectivity index (χ3n) is 5.55. The molecule has 0 saturated carbocycles. The Bertz CT molecular complexity index is 1590. The van der Waals surface area contributed by atoms with Crippen LogP contribution in [0.25, 0.3) is 55.7 Å². The molecule has 0 spiro atoms. The molecule has 6 aromatic rings. The maximum atomic E-state index is 10.3. The summed E-state index contributed by atoms with van der Waals surface area (Å²) in [5, 5.41) is 12.4. The zero-order valence-corrected chi connectivity index (χ0v) is 19.6. The molecule has 0 aliphatic heterocycles. The minimum Gasteiger partial charge on any atom is -0.507 e. The number of nitrogens with zero attached hydrogens (tertiary/aromatic N) is 2. The van der Waals surface area contributed by atoms with Crippen molar-refractivity contribution < 1.29 is 30.6 Å². The molecule has 5 heteroatoms. The Morgan fingerprint density at radius 3 is 2.42 bits per heavy atom. The van der Waals surface area contributed by atoms with Gasteiger partial charge >= 0.3 is 0 Å². The van der Waals surface area contributed by atoms with Crippen LogP contribution in [-0.4, -0.2) is 15.1 Å². The second-order valence-electron chi connectivity index (χ2n) is 7.55. The van der Waals surface area contributed by atoms with Crippen LogP contribution in [0.15, 0.2) is 102 Å². The molecular formula is C28H17N2O2Pt-. The number of para-hydroxylation sites is 2. The molecule has 0 aliphatic rings. The van der Waals surface area contributed by atoms with E-state index in [0.717, 1.165) is 38.7 Å². The maximum absolute atomic E-state index is 10.3. The fourth-order valence-electron chi connectivity index (χ4n) is 4.04. The summed E-state index contributed by atoms with van der Waals surface area (Å²) >= 11 is 0. The van der Waals surface area contributed by atoms with Crippen LogP contribution >= 0.6 is 0 Å². The first kappa shape index (κ1) is 21.1. The van der Waals surface area contributed by atoms with Gasteiger partial charge in [-0.05, 0) is 24.3 Å². The van der Waals surface area contributed by atoms with Gasteiger partial charge in [0, 0.05) is 33.0 Å². The van der Waals surface area contributed by atoms with Crippen molar-refractivity contribution in [1.29, 1.82) is 0 Å². The Morgan fingerprint density at radius 1 is 0.788 bits per heavy atom. The summed E-state index contributed by atoms with van der Waals surface area (Å²) in [6.07, 6.45) is 1.79. The van der Waals surface area contributed by atoms with Crippen molar-refractivity contribution in [3.8, 4) is 39.6 Å². The van der Waals surface area contributed by atoms with Gasteiger partial charge < -0.3 is 9.52 Å². The van der Waals surface area contributed by atoms with Crippen molar-refractivity contribution in [2.75, 3.05) is 0 Å². The number of rotatable bonds is 3. The zero-order chi connectivity index (χ0) is 21.5. The number of aromatic hydroxyl groups is 1. The standard InChI is InChI=1S/C28H17N2O2.Pt/c31-25-13-4-3-10-22(25)28-30-27-21(11-7-14-26(27)32-28)23-17-19(24-12-5-6-15-29-24)16-18-8-1-2-9-20(18)23;/h1-16,31H;/q-1;. The van der Waals surface area contributed by atoms with Gasteiger partial charge in [-0.25, -0.2) is 4.98 Å². The van der Waals surface area contributed by atoms with E-state index in [9.17, 15) is 5.11 Å². The third-order valence-corrected chi connectivity index (χ3v) is 5.55. The van der Waals surface area contributed by atoms with Gasteiger partial charge in [0.2, 0.25) is 5.89 Å². The molecule has 4 nitrogen and oxygen atoms in total. The minimum absolute atomic E-state index is 0. The van der Waals surface area contributed by atoms with Crippen LogP contribution in [0.2, 0.25) is 0 Å². The molecule has 2 heterocycles. The minimum atomic E-state index is 0. The number of oxazole rings is 1. The van der Waals surface area contributed by atoms with Gasteiger partial charge in [0.1, 0.15) is 11.3 Å². The van der Waals surface area contributed by atoms with E-state index in [1.807, 2.05) is 54.6 Å². The number of hydrogen-bond acceptors (Lipinski definition) is 4.